The molecule has 1 amide bonds. The van der Waals surface area contributed by atoms with Crippen LogP contribution in [0.5, 0.6) is 5.75 Å². The van der Waals surface area contributed by atoms with Gasteiger partial charge in [-0.2, -0.15) is 0 Å². The van der Waals surface area contributed by atoms with Crippen molar-refractivity contribution in [3.05, 3.63) is 59.2 Å². The molecule has 1 atom stereocenters. The summed E-state index contributed by atoms with van der Waals surface area (Å²) in [4.78, 5) is 14.2. The number of nitrogens with zero attached hydrogens (tertiary/aromatic N) is 1. The van der Waals surface area contributed by atoms with Gasteiger partial charge in [-0.05, 0) is 36.2 Å². The van der Waals surface area contributed by atoms with Gasteiger partial charge in [-0.3, -0.25) is 4.79 Å². The molecule has 0 spiro atoms. The van der Waals surface area contributed by atoms with Gasteiger partial charge in [-0.25, -0.2) is 0 Å². The molecule has 0 unspecified atom stereocenters. The van der Waals surface area contributed by atoms with Crippen LogP contribution in [0.3, 0.4) is 0 Å². The summed E-state index contributed by atoms with van der Waals surface area (Å²) < 4.78 is 0. The third-order valence-electron chi connectivity index (χ3n) is 3.67. The maximum Gasteiger partial charge on any atom is 0.257 e. The van der Waals surface area contributed by atoms with Gasteiger partial charge in [0.25, 0.3) is 5.91 Å². The van der Waals surface area contributed by atoms with Gasteiger partial charge >= 0.3 is 0 Å². The fraction of sp³-hybridized carbons (Fsp3) is 0.188. The minimum absolute atomic E-state index is 0.00908. The van der Waals surface area contributed by atoms with Crippen molar-refractivity contribution in [1.82, 2.24) is 4.90 Å². The number of phenols is 1. The van der Waals surface area contributed by atoms with Gasteiger partial charge in [0.05, 0.1) is 5.56 Å². The number of carbonyl (C=O) groups is 1. The first kappa shape index (κ1) is 12.5. The number of aromatic hydroxyl groups is 1. The van der Waals surface area contributed by atoms with Crippen molar-refractivity contribution >= 4 is 11.6 Å². The van der Waals surface area contributed by atoms with Gasteiger partial charge in [0, 0.05) is 12.7 Å². The third-order valence-corrected chi connectivity index (χ3v) is 3.67. The lowest BCUT2D eigenvalue weighted by Gasteiger charge is -2.36. The van der Waals surface area contributed by atoms with E-state index in [0.29, 0.717) is 5.56 Å². The standard InChI is InChI=1S/C16H16N2O2/c1-10-5-3-8-13-14(10)16(20)18(2)15(17-13)11-6-4-7-12(19)9-11/h3-9,15,17,19H,1-2H3/t15-/m1/s1. The zero-order valence-corrected chi connectivity index (χ0v) is 11.4. The van der Waals surface area contributed by atoms with E-state index in [0.717, 1.165) is 16.8 Å². The van der Waals surface area contributed by atoms with E-state index >= 15 is 0 Å². The lowest BCUT2D eigenvalue weighted by atomic mass is 10.00. The first-order valence-corrected chi connectivity index (χ1v) is 6.50. The number of phenolic OH excluding ortho intramolecular Hbond substituents is 1. The van der Waals surface area contributed by atoms with Crippen LogP contribution in [-0.4, -0.2) is 23.0 Å². The molecule has 3 rings (SSSR count). The van der Waals surface area contributed by atoms with E-state index in [1.165, 1.54) is 0 Å². The Balaban J connectivity index is 2.07. The number of benzene rings is 2. The molecule has 4 nitrogen and oxygen atoms in total. The molecule has 1 heterocycles. The number of nitrogens with one attached hydrogen (secondary N) is 1. The minimum atomic E-state index is -0.274. The Kier molecular flexibility index (Phi) is 2.86. The van der Waals surface area contributed by atoms with E-state index in [4.69, 9.17) is 0 Å². The van der Waals surface area contributed by atoms with E-state index in [2.05, 4.69) is 5.32 Å². The van der Waals surface area contributed by atoms with Gasteiger partial charge < -0.3 is 15.3 Å². The summed E-state index contributed by atoms with van der Waals surface area (Å²) in [6, 6.07) is 12.7. The van der Waals surface area contributed by atoms with E-state index in [9.17, 15) is 9.90 Å². The smallest absolute Gasteiger partial charge is 0.257 e. The molecule has 0 fully saturated rings. The van der Waals surface area contributed by atoms with E-state index in [-0.39, 0.29) is 17.8 Å². The predicted octanol–water partition coefficient (Wildman–Crippen LogP) is 2.90. The van der Waals surface area contributed by atoms with E-state index in [1.54, 1.807) is 30.1 Å². The van der Waals surface area contributed by atoms with Crippen LogP contribution >= 0.6 is 0 Å². The molecule has 1 aliphatic rings. The lowest BCUT2D eigenvalue weighted by molar-refractivity contribution is 0.0734. The highest BCUT2D eigenvalue weighted by atomic mass is 16.3. The number of hydrogen-bond donors (Lipinski definition) is 2. The molecule has 0 radical (unpaired) electrons. The van der Waals surface area contributed by atoms with E-state index in [1.807, 2.05) is 31.2 Å². The summed E-state index contributed by atoms with van der Waals surface area (Å²) in [6.07, 6.45) is -0.274. The lowest BCUT2D eigenvalue weighted by Crippen LogP contribution is -2.40. The van der Waals surface area contributed by atoms with Crippen molar-refractivity contribution in [2.75, 3.05) is 12.4 Å². The number of anilines is 1. The zero-order chi connectivity index (χ0) is 14.3. The Morgan fingerprint density at radius 3 is 2.70 bits per heavy atom. The van der Waals surface area contributed by atoms with E-state index < -0.39 is 0 Å². The summed E-state index contributed by atoms with van der Waals surface area (Å²) in [5, 5.41) is 13.0. The molecule has 0 saturated heterocycles. The molecule has 1 aliphatic heterocycles. The molecule has 2 aromatic rings. The summed E-state index contributed by atoms with van der Waals surface area (Å²) in [7, 11) is 1.76. The number of carbonyl (C=O) groups excluding carboxylic acids is 1. The number of rotatable bonds is 1. The fourth-order valence-corrected chi connectivity index (χ4v) is 2.61. The molecule has 0 bridgehead atoms. The second-order valence-corrected chi connectivity index (χ2v) is 5.06. The Bertz CT molecular complexity index is 682. The van der Waals surface area contributed by atoms with Crippen LogP contribution in [-0.2, 0) is 0 Å². The Morgan fingerprint density at radius 2 is 1.95 bits per heavy atom. The molecule has 0 aliphatic carbocycles. The monoisotopic (exact) mass is 268 g/mol. The number of aryl methyl sites for hydroxylation is 1. The van der Waals surface area contributed by atoms with Crippen LogP contribution in [0.15, 0.2) is 42.5 Å². The van der Waals surface area contributed by atoms with Crippen LogP contribution in [0.1, 0.15) is 27.7 Å². The van der Waals surface area contributed by atoms with Crippen molar-refractivity contribution in [3.8, 4) is 5.75 Å². The highest BCUT2D eigenvalue weighted by molar-refractivity contribution is 6.02. The van der Waals surface area contributed by atoms with Crippen molar-refractivity contribution in [2.24, 2.45) is 0 Å². The van der Waals surface area contributed by atoms with Crippen molar-refractivity contribution < 1.29 is 9.90 Å². The summed E-state index contributed by atoms with van der Waals surface area (Å²) in [5.41, 5.74) is 3.36. The molecule has 0 saturated carbocycles. The summed E-state index contributed by atoms with van der Waals surface area (Å²) >= 11 is 0. The highest BCUT2D eigenvalue weighted by Gasteiger charge is 2.31. The predicted molar refractivity (Wildman–Crippen MR) is 77.7 cm³/mol. The Morgan fingerprint density at radius 1 is 1.20 bits per heavy atom. The number of amides is 1. The largest absolute Gasteiger partial charge is 0.508 e. The maximum atomic E-state index is 12.5. The van der Waals surface area contributed by atoms with Crippen LogP contribution in [0.2, 0.25) is 0 Å². The Hall–Kier alpha value is -2.49. The quantitative estimate of drug-likeness (QED) is 0.836. The van der Waals surface area contributed by atoms with Gasteiger partial charge in [0.2, 0.25) is 0 Å². The summed E-state index contributed by atoms with van der Waals surface area (Å²) in [6.45, 7) is 1.93. The van der Waals surface area contributed by atoms with Crippen LogP contribution in [0.25, 0.3) is 0 Å². The molecular formula is C16H16N2O2. The molecule has 0 aromatic heterocycles. The Labute approximate surface area is 117 Å². The van der Waals surface area contributed by atoms with Crippen molar-refractivity contribution in [3.63, 3.8) is 0 Å². The molecule has 2 N–H and O–H groups in total. The molecule has 2 aromatic carbocycles. The van der Waals surface area contributed by atoms with Crippen LogP contribution in [0.4, 0.5) is 5.69 Å². The van der Waals surface area contributed by atoms with Crippen molar-refractivity contribution in [2.45, 2.75) is 13.1 Å². The zero-order valence-electron chi connectivity index (χ0n) is 11.4. The molecule has 4 heteroatoms. The normalized spacial score (nSPS) is 17.6. The van der Waals surface area contributed by atoms with Gasteiger partial charge in [0.15, 0.2) is 0 Å². The van der Waals surface area contributed by atoms with Gasteiger partial charge in [-0.15, -0.1) is 0 Å². The van der Waals surface area contributed by atoms with Gasteiger partial charge in [-0.1, -0.05) is 24.3 Å². The minimum Gasteiger partial charge on any atom is -0.508 e. The number of hydrogen-bond acceptors (Lipinski definition) is 3. The molecular weight excluding hydrogens is 252 g/mol. The second kappa shape index (κ2) is 4.56. The fourth-order valence-electron chi connectivity index (χ4n) is 2.61. The highest BCUT2D eigenvalue weighted by Crippen LogP contribution is 2.34. The number of fused-ring (bicyclic) bond motifs is 1. The third kappa shape index (κ3) is 1.90. The summed E-state index contributed by atoms with van der Waals surface area (Å²) in [5.74, 6) is 0.186. The first-order chi connectivity index (χ1) is 9.58. The van der Waals surface area contributed by atoms with Crippen LogP contribution < -0.4 is 5.32 Å². The maximum absolute atomic E-state index is 12.5. The molecule has 20 heavy (non-hydrogen) atoms. The average Bonchev–Trinajstić information content (AvgIpc) is 2.42. The topological polar surface area (TPSA) is 52.6 Å². The SMILES string of the molecule is Cc1cccc2c1C(=O)N(C)[C@H](c1cccc(O)c1)N2. The second-order valence-electron chi connectivity index (χ2n) is 5.06. The first-order valence-electron chi connectivity index (χ1n) is 6.50. The molecule has 102 valence electrons. The van der Waals surface area contributed by atoms with Crippen molar-refractivity contribution in [1.29, 1.82) is 0 Å². The van der Waals surface area contributed by atoms with Gasteiger partial charge in [0.1, 0.15) is 11.9 Å². The average molecular weight is 268 g/mol. The van der Waals surface area contributed by atoms with Crippen LogP contribution in [0, 0.1) is 6.92 Å².